The summed E-state index contributed by atoms with van der Waals surface area (Å²) >= 11 is 0. The zero-order chi connectivity index (χ0) is 29.0. The second-order valence-corrected chi connectivity index (χ2v) is 12.0. The highest BCUT2D eigenvalue weighted by Crippen LogP contribution is 2.25. The smallest absolute Gasteiger partial charge is 0.264 e. The highest BCUT2D eigenvalue weighted by molar-refractivity contribution is 7.92. The van der Waals surface area contributed by atoms with Gasteiger partial charge in [0.25, 0.3) is 21.5 Å². The molecule has 212 valence electrons. The summed E-state index contributed by atoms with van der Waals surface area (Å²) in [6, 6.07) is 23.2. The number of nitrogens with zero attached hydrogens (tertiary/aromatic N) is 3. The number of anilines is 1. The first-order chi connectivity index (χ1) is 19.7. The highest BCUT2D eigenvalue weighted by Gasteiger charge is 2.23. The summed E-state index contributed by atoms with van der Waals surface area (Å²) in [6.07, 6.45) is 0.827. The van der Waals surface area contributed by atoms with Crippen LogP contribution in [0.5, 0.6) is 0 Å². The quantitative estimate of drug-likeness (QED) is 0.344. The Hall–Kier alpha value is -4.28. The second kappa shape index (κ2) is 12.1. The van der Waals surface area contributed by atoms with Crippen molar-refractivity contribution in [2.75, 3.05) is 30.9 Å². The van der Waals surface area contributed by atoms with Gasteiger partial charge in [-0.3, -0.25) is 19.5 Å². The van der Waals surface area contributed by atoms with Gasteiger partial charge in [-0.15, -0.1) is 0 Å². The number of benzene rings is 3. The Morgan fingerprint density at radius 1 is 0.902 bits per heavy atom. The molecule has 1 fully saturated rings. The largest absolute Gasteiger partial charge is 0.337 e. The Bertz CT molecular complexity index is 1700. The van der Waals surface area contributed by atoms with Gasteiger partial charge in [0.15, 0.2) is 0 Å². The monoisotopic (exact) mass is 571 g/mol. The lowest BCUT2D eigenvalue weighted by atomic mass is 10.00. The van der Waals surface area contributed by atoms with Crippen molar-refractivity contribution in [1.82, 2.24) is 19.8 Å². The van der Waals surface area contributed by atoms with Crippen molar-refractivity contribution in [1.29, 1.82) is 0 Å². The van der Waals surface area contributed by atoms with Crippen LogP contribution in [0, 0.1) is 13.8 Å². The van der Waals surface area contributed by atoms with Gasteiger partial charge < -0.3 is 4.90 Å². The molecular weight excluding hydrogens is 538 g/mol. The molecule has 4 aromatic rings. The van der Waals surface area contributed by atoms with Crippen molar-refractivity contribution >= 4 is 21.9 Å². The van der Waals surface area contributed by atoms with Crippen molar-refractivity contribution < 1.29 is 13.2 Å². The van der Waals surface area contributed by atoms with Gasteiger partial charge in [0.1, 0.15) is 0 Å². The molecule has 1 aliphatic heterocycles. The molecule has 0 aliphatic carbocycles. The Morgan fingerprint density at radius 2 is 1.63 bits per heavy atom. The normalized spacial score (nSPS) is 14.4. The molecule has 2 heterocycles. The first kappa shape index (κ1) is 28.3. The van der Waals surface area contributed by atoms with E-state index < -0.39 is 15.6 Å². The van der Waals surface area contributed by atoms with E-state index in [2.05, 4.69) is 31.7 Å². The van der Waals surface area contributed by atoms with Gasteiger partial charge in [-0.25, -0.2) is 18.1 Å². The van der Waals surface area contributed by atoms with E-state index in [-0.39, 0.29) is 22.3 Å². The van der Waals surface area contributed by atoms with Crippen LogP contribution in [0.1, 0.15) is 33.5 Å². The van der Waals surface area contributed by atoms with E-state index in [9.17, 15) is 18.0 Å². The lowest BCUT2D eigenvalue weighted by Gasteiger charge is -2.22. The Kier molecular flexibility index (Phi) is 8.32. The molecule has 9 nitrogen and oxygen atoms in total. The van der Waals surface area contributed by atoms with Crippen LogP contribution in [0.25, 0.3) is 11.3 Å². The molecule has 2 N–H and O–H groups in total. The molecule has 3 aromatic carbocycles. The molecule has 0 atom stereocenters. The summed E-state index contributed by atoms with van der Waals surface area (Å²) < 4.78 is 29.0. The Morgan fingerprint density at radius 3 is 2.39 bits per heavy atom. The fourth-order valence-corrected chi connectivity index (χ4v) is 6.20. The predicted octanol–water partition coefficient (Wildman–Crippen LogP) is 4.20. The number of amides is 1. The molecule has 0 unspecified atom stereocenters. The average molecular weight is 572 g/mol. The number of aromatic nitrogens is 2. The summed E-state index contributed by atoms with van der Waals surface area (Å²) in [7, 11) is -4.15. The van der Waals surface area contributed by atoms with E-state index in [0.29, 0.717) is 18.8 Å². The number of nitrogens with one attached hydrogen (secondary N) is 2. The van der Waals surface area contributed by atoms with Crippen LogP contribution < -0.4 is 10.3 Å². The molecule has 0 spiro atoms. The topological polar surface area (TPSA) is 115 Å². The number of hydrogen-bond acceptors (Lipinski definition) is 6. The number of hydrogen-bond donors (Lipinski definition) is 2. The SMILES string of the molecule is Cc1cccc(C)c1-c1cc(=O)[nH]c(NS(=O)(=O)c2cccc(C(=O)N3CCCN(Cc4ccccc4)CC3)c2)n1. The van der Waals surface area contributed by atoms with Gasteiger partial charge in [-0.2, -0.15) is 0 Å². The zero-order valence-electron chi connectivity index (χ0n) is 23.1. The first-order valence-electron chi connectivity index (χ1n) is 13.6. The van der Waals surface area contributed by atoms with Crippen LogP contribution >= 0.6 is 0 Å². The number of rotatable bonds is 7. The summed E-state index contributed by atoms with van der Waals surface area (Å²) in [5, 5.41) is 0. The van der Waals surface area contributed by atoms with E-state index >= 15 is 0 Å². The van der Waals surface area contributed by atoms with Crippen molar-refractivity contribution in [3.63, 3.8) is 0 Å². The Labute approximate surface area is 239 Å². The third-order valence-corrected chi connectivity index (χ3v) is 8.56. The van der Waals surface area contributed by atoms with Crippen molar-refractivity contribution in [3.8, 4) is 11.3 Å². The maximum atomic E-state index is 13.4. The third kappa shape index (κ3) is 6.72. The zero-order valence-corrected chi connectivity index (χ0v) is 23.9. The van der Waals surface area contributed by atoms with Gasteiger partial charge in [0, 0.05) is 49.9 Å². The minimum absolute atomic E-state index is 0.0935. The number of aryl methyl sites for hydroxylation is 2. The predicted molar refractivity (Wildman–Crippen MR) is 159 cm³/mol. The maximum Gasteiger partial charge on any atom is 0.264 e. The van der Waals surface area contributed by atoms with E-state index in [4.69, 9.17) is 0 Å². The van der Waals surface area contributed by atoms with Crippen LogP contribution in [0.3, 0.4) is 0 Å². The Balaban J connectivity index is 1.32. The van der Waals surface area contributed by atoms with E-state index in [1.165, 1.54) is 23.8 Å². The van der Waals surface area contributed by atoms with Crippen molar-refractivity contribution in [2.45, 2.75) is 31.7 Å². The maximum absolute atomic E-state index is 13.4. The standard InChI is InChI=1S/C31H33N5O4S/c1-22-9-6-10-23(2)29(22)27-20-28(37)33-31(32-27)34-41(39,40)26-14-7-13-25(19-26)30(38)36-16-8-15-35(17-18-36)21-24-11-4-3-5-12-24/h3-7,9-14,19-20H,8,15-18,21H2,1-2H3,(H2,32,33,34,37). The minimum Gasteiger partial charge on any atom is -0.337 e. The molecule has 5 rings (SSSR count). The molecule has 1 amide bonds. The number of carbonyl (C=O) groups is 1. The molecule has 0 radical (unpaired) electrons. The average Bonchev–Trinajstić information content (AvgIpc) is 3.18. The summed E-state index contributed by atoms with van der Waals surface area (Å²) in [5.41, 5.74) is 4.00. The third-order valence-electron chi connectivity index (χ3n) is 7.23. The molecule has 41 heavy (non-hydrogen) atoms. The van der Waals surface area contributed by atoms with Crippen LogP contribution in [0.15, 0.2) is 88.6 Å². The molecule has 0 saturated carbocycles. The van der Waals surface area contributed by atoms with Gasteiger partial charge in [0.05, 0.1) is 10.6 Å². The van der Waals surface area contributed by atoms with Gasteiger partial charge in [0.2, 0.25) is 5.95 Å². The van der Waals surface area contributed by atoms with Crippen LogP contribution in [0.2, 0.25) is 0 Å². The van der Waals surface area contributed by atoms with Crippen molar-refractivity contribution in [2.24, 2.45) is 0 Å². The second-order valence-electron chi connectivity index (χ2n) is 10.3. The highest BCUT2D eigenvalue weighted by atomic mass is 32.2. The summed E-state index contributed by atoms with van der Waals surface area (Å²) in [4.78, 5) is 36.7. The van der Waals surface area contributed by atoms with Gasteiger partial charge >= 0.3 is 0 Å². The van der Waals surface area contributed by atoms with Crippen LogP contribution in [-0.2, 0) is 16.6 Å². The molecular formula is C31H33N5O4S. The van der Waals surface area contributed by atoms with Crippen LogP contribution in [-0.4, -0.2) is 60.3 Å². The van der Waals surface area contributed by atoms with Crippen LogP contribution in [0.4, 0.5) is 5.95 Å². The lowest BCUT2D eigenvalue weighted by Crippen LogP contribution is -2.35. The van der Waals surface area contributed by atoms with Crippen molar-refractivity contribution in [3.05, 3.63) is 111 Å². The number of sulfonamides is 1. The molecule has 1 aliphatic rings. The van der Waals surface area contributed by atoms with E-state index in [1.54, 1.807) is 17.0 Å². The van der Waals surface area contributed by atoms with Gasteiger partial charge in [-0.05, 0) is 55.2 Å². The fourth-order valence-electron chi connectivity index (χ4n) is 5.19. The summed E-state index contributed by atoms with van der Waals surface area (Å²) in [6.45, 7) is 7.39. The van der Waals surface area contributed by atoms with E-state index in [1.807, 2.05) is 50.2 Å². The number of aromatic amines is 1. The molecule has 10 heteroatoms. The van der Waals surface area contributed by atoms with E-state index in [0.717, 1.165) is 42.7 Å². The number of carbonyl (C=O) groups excluding carboxylic acids is 1. The first-order valence-corrected chi connectivity index (χ1v) is 15.0. The molecule has 1 saturated heterocycles. The lowest BCUT2D eigenvalue weighted by molar-refractivity contribution is 0.0761. The fraction of sp³-hybridized carbons (Fsp3) is 0.258. The summed E-state index contributed by atoms with van der Waals surface area (Å²) in [5.74, 6) is -0.412. The number of H-pyrrole nitrogens is 1. The molecule has 0 bridgehead atoms. The molecule has 1 aromatic heterocycles. The van der Waals surface area contributed by atoms with Gasteiger partial charge in [-0.1, -0.05) is 54.6 Å². The minimum atomic E-state index is -4.15.